The van der Waals surface area contributed by atoms with Crippen LogP contribution < -0.4 is 4.72 Å². The highest BCUT2D eigenvalue weighted by Crippen LogP contribution is 2.20. The number of hydrogen-bond donors (Lipinski definition) is 1. The summed E-state index contributed by atoms with van der Waals surface area (Å²) in [5, 5.41) is 0. The van der Waals surface area contributed by atoms with E-state index in [9.17, 15) is 4.39 Å². The van der Waals surface area contributed by atoms with Crippen molar-refractivity contribution in [3.8, 4) is 0 Å². The smallest absolute Gasteiger partial charge is 0.127 e. The van der Waals surface area contributed by atoms with Crippen molar-refractivity contribution in [3.05, 3.63) is 35.6 Å². The molecule has 3 heteroatoms. The molecule has 0 fully saturated rings. The van der Waals surface area contributed by atoms with Gasteiger partial charge in [0.15, 0.2) is 0 Å². The van der Waals surface area contributed by atoms with E-state index in [0.29, 0.717) is 12.1 Å². The molecule has 78 valence electrons. The lowest BCUT2D eigenvalue weighted by Crippen LogP contribution is -2.17. The van der Waals surface area contributed by atoms with E-state index in [1.54, 1.807) is 24.1 Å². The molecule has 0 unspecified atom stereocenters. The zero-order valence-corrected chi connectivity index (χ0v) is 9.62. The number of nitrogens with one attached hydrogen (secondary N) is 1. The Hall–Kier alpha value is -0.540. The minimum atomic E-state index is -0.144. The summed E-state index contributed by atoms with van der Waals surface area (Å²) in [6, 6.07) is 6.84. The van der Waals surface area contributed by atoms with Gasteiger partial charge in [-0.3, -0.25) is 4.72 Å². The van der Waals surface area contributed by atoms with Crippen molar-refractivity contribution in [1.29, 1.82) is 0 Å². The van der Waals surface area contributed by atoms with Crippen molar-refractivity contribution in [1.82, 2.24) is 4.72 Å². The normalized spacial score (nSPS) is 11.7. The van der Waals surface area contributed by atoms with Gasteiger partial charge in [0.25, 0.3) is 0 Å². The van der Waals surface area contributed by atoms with Crippen LogP contribution in [-0.2, 0) is 6.54 Å². The van der Waals surface area contributed by atoms with E-state index in [1.165, 1.54) is 6.07 Å². The Balaban J connectivity index is 2.43. The molecule has 0 atom stereocenters. The Morgan fingerprint density at radius 2 is 1.93 bits per heavy atom. The summed E-state index contributed by atoms with van der Waals surface area (Å²) in [6.07, 6.45) is 0. The first-order valence-electron chi connectivity index (χ1n) is 4.63. The number of benzene rings is 1. The van der Waals surface area contributed by atoms with Crippen molar-refractivity contribution in [2.45, 2.75) is 32.1 Å². The standard InChI is InChI=1S/C11H16FNS/c1-11(2,3)14-13-8-9-6-4-5-7-10(9)12/h4-7,13H,8H2,1-3H3. The van der Waals surface area contributed by atoms with Gasteiger partial charge in [0.1, 0.15) is 5.82 Å². The van der Waals surface area contributed by atoms with Gasteiger partial charge in [-0.15, -0.1) is 0 Å². The van der Waals surface area contributed by atoms with E-state index in [0.717, 1.165) is 0 Å². The maximum atomic E-state index is 13.2. The van der Waals surface area contributed by atoms with Crippen LogP contribution in [0.4, 0.5) is 4.39 Å². The first-order valence-corrected chi connectivity index (χ1v) is 5.45. The van der Waals surface area contributed by atoms with Crippen LogP contribution in [0.15, 0.2) is 24.3 Å². The third-order valence-corrected chi connectivity index (χ3v) is 2.50. The monoisotopic (exact) mass is 213 g/mol. The third kappa shape index (κ3) is 4.11. The van der Waals surface area contributed by atoms with Gasteiger partial charge in [0, 0.05) is 16.9 Å². The molecule has 1 aromatic carbocycles. The first-order chi connectivity index (χ1) is 6.49. The number of halogens is 1. The fourth-order valence-corrected chi connectivity index (χ4v) is 1.63. The molecular weight excluding hydrogens is 197 g/mol. The fourth-order valence-electron chi connectivity index (χ4n) is 0.972. The molecule has 0 saturated heterocycles. The first kappa shape index (κ1) is 11.5. The summed E-state index contributed by atoms with van der Waals surface area (Å²) >= 11 is 1.62. The third-order valence-electron chi connectivity index (χ3n) is 1.60. The molecule has 0 amide bonds. The topological polar surface area (TPSA) is 12.0 Å². The number of rotatable bonds is 3. The highest BCUT2D eigenvalue weighted by atomic mass is 32.2. The Kier molecular flexibility index (Phi) is 3.96. The molecule has 1 aromatic rings. The van der Waals surface area contributed by atoms with Crippen molar-refractivity contribution < 1.29 is 4.39 Å². The molecule has 0 bridgehead atoms. The predicted molar refractivity (Wildman–Crippen MR) is 60.6 cm³/mol. The molecule has 0 saturated carbocycles. The Morgan fingerprint density at radius 1 is 1.29 bits per heavy atom. The minimum absolute atomic E-state index is 0.144. The van der Waals surface area contributed by atoms with Gasteiger partial charge >= 0.3 is 0 Å². The van der Waals surface area contributed by atoms with Gasteiger partial charge in [0.2, 0.25) is 0 Å². The lowest BCUT2D eigenvalue weighted by Gasteiger charge is -2.17. The van der Waals surface area contributed by atoms with Crippen LogP contribution in [0.2, 0.25) is 0 Å². The van der Waals surface area contributed by atoms with Crippen LogP contribution >= 0.6 is 11.9 Å². The molecule has 1 N–H and O–H groups in total. The SMILES string of the molecule is CC(C)(C)SNCc1ccccc1F. The van der Waals surface area contributed by atoms with Crippen molar-refractivity contribution in [2.24, 2.45) is 0 Å². The van der Waals surface area contributed by atoms with Crippen LogP contribution in [-0.4, -0.2) is 4.75 Å². The Bertz CT molecular complexity index is 294. The highest BCUT2D eigenvalue weighted by molar-refractivity contribution is 7.98. The molecule has 0 aliphatic carbocycles. The molecule has 0 radical (unpaired) electrons. The predicted octanol–water partition coefficient (Wildman–Crippen LogP) is 3.36. The van der Waals surface area contributed by atoms with E-state index in [1.807, 2.05) is 6.07 Å². The summed E-state index contributed by atoms with van der Waals surface area (Å²) in [7, 11) is 0. The fraction of sp³-hybridized carbons (Fsp3) is 0.455. The molecular formula is C11H16FNS. The van der Waals surface area contributed by atoms with Gasteiger partial charge in [-0.2, -0.15) is 0 Å². The van der Waals surface area contributed by atoms with Gasteiger partial charge in [-0.25, -0.2) is 4.39 Å². The summed E-state index contributed by atoms with van der Waals surface area (Å²) in [4.78, 5) is 0. The molecule has 0 aliphatic rings. The quantitative estimate of drug-likeness (QED) is 0.773. The maximum Gasteiger partial charge on any atom is 0.127 e. The van der Waals surface area contributed by atoms with Gasteiger partial charge in [0.05, 0.1) is 0 Å². The molecule has 0 aliphatic heterocycles. The average molecular weight is 213 g/mol. The van der Waals surface area contributed by atoms with Crippen LogP contribution in [0.5, 0.6) is 0 Å². The van der Waals surface area contributed by atoms with E-state index >= 15 is 0 Å². The molecule has 0 aromatic heterocycles. The van der Waals surface area contributed by atoms with E-state index in [4.69, 9.17) is 0 Å². The Morgan fingerprint density at radius 3 is 2.50 bits per heavy atom. The summed E-state index contributed by atoms with van der Waals surface area (Å²) in [5.41, 5.74) is 0.712. The second kappa shape index (κ2) is 4.80. The highest BCUT2D eigenvalue weighted by Gasteiger charge is 2.10. The van der Waals surface area contributed by atoms with Crippen LogP contribution in [0.25, 0.3) is 0 Å². The minimum Gasteiger partial charge on any atom is -0.259 e. The number of hydrogen-bond acceptors (Lipinski definition) is 2. The zero-order valence-electron chi connectivity index (χ0n) is 8.80. The molecule has 1 nitrogen and oxygen atoms in total. The van der Waals surface area contributed by atoms with Gasteiger partial charge < -0.3 is 0 Å². The van der Waals surface area contributed by atoms with E-state index in [-0.39, 0.29) is 10.6 Å². The second-order valence-electron chi connectivity index (χ2n) is 4.13. The summed E-state index contributed by atoms with van der Waals surface area (Å²) in [5.74, 6) is -0.144. The van der Waals surface area contributed by atoms with Crippen LogP contribution in [0.3, 0.4) is 0 Å². The summed E-state index contributed by atoms with van der Waals surface area (Å²) < 4.78 is 16.5. The van der Waals surface area contributed by atoms with E-state index in [2.05, 4.69) is 25.5 Å². The van der Waals surface area contributed by atoms with Crippen LogP contribution in [0.1, 0.15) is 26.3 Å². The Labute approximate surface area is 89.2 Å². The molecule has 14 heavy (non-hydrogen) atoms. The maximum absolute atomic E-state index is 13.2. The van der Waals surface area contributed by atoms with Crippen molar-refractivity contribution >= 4 is 11.9 Å². The molecule has 0 heterocycles. The van der Waals surface area contributed by atoms with Gasteiger partial charge in [-0.1, -0.05) is 30.1 Å². The molecule has 1 rings (SSSR count). The lowest BCUT2D eigenvalue weighted by atomic mass is 10.2. The second-order valence-corrected chi connectivity index (χ2v) is 5.84. The largest absolute Gasteiger partial charge is 0.259 e. The van der Waals surface area contributed by atoms with Crippen molar-refractivity contribution in [2.75, 3.05) is 0 Å². The average Bonchev–Trinajstić information content (AvgIpc) is 2.06. The molecule has 0 spiro atoms. The van der Waals surface area contributed by atoms with Gasteiger partial charge in [-0.05, 0) is 26.8 Å². The zero-order chi connectivity index (χ0) is 10.6. The van der Waals surface area contributed by atoms with E-state index < -0.39 is 0 Å². The summed E-state index contributed by atoms with van der Waals surface area (Å²) in [6.45, 7) is 6.92. The van der Waals surface area contributed by atoms with Crippen LogP contribution in [0, 0.1) is 5.82 Å². The lowest BCUT2D eigenvalue weighted by molar-refractivity contribution is 0.607. The van der Waals surface area contributed by atoms with Crippen molar-refractivity contribution in [3.63, 3.8) is 0 Å².